The Kier molecular flexibility index (Phi) is 6.48. The van der Waals surface area contributed by atoms with Crippen LogP contribution in [0, 0.1) is 6.92 Å². The van der Waals surface area contributed by atoms with Crippen molar-refractivity contribution < 1.29 is 17.9 Å². The van der Waals surface area contributed by atoms with Crippen LogP contribution in [0.3, 0.4) is 0 Å². The third kappa shape index (κ3) is 3.84. The van der Waals surface area contributed by atoms with Gasteiger partial charge in [-0.2, -0.15) is 4.31 Å². The molecule has 3 rings (SSSR count). The topological polar surface area (TPSA) is 75.7 Å². The van der Waals surface area contributed by atoms with E-state index in [4.69, 9.17) is 4.74 Å². The number of benzene rings is 1. The first-order valence-corrected chi connectivity index (χ1v) is 9.91. The number of nitrogens with zero attached hydrogens (tertiary/aromatic N) is 1. The highest BCUT2D eigenvalue weighted by Gasteiger charge is 2.43. The van der Waals surface area contributed by atoms with Gasteiger partial charge in [-0.1, -0.05) is 6.07 Å². The van der Waals surface area contributed by atoms with Crippen LogP contribution in [0.1, 0.15) is 42.1 Å². The van der Waals surface area contributed by atoms with Crippen LogP contribution in [0.5, 0.6) is 0 Å². The van der Waals surface area contributed by atoms with Crippen molar-refractivity contribution in [3.63, 3.8) is 0 Å². The third-order valence-electron chi connectivity index (χ3n) is 4.84. The van der Waals surface area contributed by atoms with Crippen LogP contribution < -0.4 is 5.32 Å². The van der Waals surface area contributed by atoms with Crippen molar-refractivity contribution >= 4 is 28.4 Å². The van der Waals surface area contributed by atoms with E-state index in [1.54, 1.807) is 30.3 Å². The lowest BCUT2D eigenvalue weighted by atomic mass is 10.1. The van der Waals surface area contributed by atoms with Gasteiger partial charge in [-0.25, -0.2) is 13.2 Å². The highest BCUT2D eigenvalue weighted by molar-refractivity contribution is 7.89. The van der Waals surface area contributed by atoms with Crippen molar-refractivity contribution in [1.82, 2.24) is 9.62 Å². The van der Waals surface area contributed by atoms with Crippen LogP contribution in [0.25, 0.3) is 0 Å². The van der Waals surface area contributed by atoms with Crippen LogP contribution in [-0.4, -0.2) is 50.5 Å². The van der Waals surface area contributed by atoms with Gasteiger partial charge >= 0.3 is 5.97 Å². The quantitative estimate of drug-likeness (QED) is 0.799. The molecule has 6 nitrogen and oxygen atoms in total. The molecule has 8 heteroatoms. The first kappa shape index (κ1) is 20.2. The van der Waals surface area contributed by atoms with Crippen molar-refractivity contribution in [3.05, 3.63) is 29.3 Å². The van der Waals surface area contributed by atoms with Gasteiger partial charge in [-0.3, -0.25) is 0 Å². The number of fused-ring (bicyclic) bond motifs is 2. The molecule has 2 atom stereocenters. The summed E-state index contributed by atoms with van der Waals surface area (Å²) in [5.74, 6) is -0.491. The van der Waals surface area contributed by atoms with Crippen molar-refractivity contribution in [2.45, 2.75) is 50.1 Å². The standard InChI is InChI=1S/C17H24N2O4S.ClH/c1-3-23-17(20)13-5-4-12(2)16(10-13)24(21,22)19-14-6-7-15(19)11-18-9-8-14;/h4-5,10,14-15,18H,3,6-9,11H2,1-2H3;1H. The number of carbonyl (C=O) groups excluding carboxylic acids is 1. The molecule has 1 aromatic carbocycles. The normalized spacial score (nSPS) is 23.6. The van der Waals surface area contributed by atoms with E-state index in [0.717, 1.165) is 25.8 Å². The average molecular weight is 389 g/mol. The Labute approximate surface area is 155 Å². The van der Waals surface area contributed by atoms with E-state index in [-0.39, 0.29) is 41.6 Å². The molecule has 140 valence electrons. The Morgan fingerprint density at radius 3 is 2.72 bits per heavy atom. The molecule has 25 heavy (non-hydrogen) atoms. The molecule has 0 spiro atoms. The second-order valence-electron chi connectivity index (χ2n) is 6.41. The number of aryl methyl sites for hydroxylation is 1. The molecular weight excluding hydrogens is 364 g/mol. The molecule has 1 N–H and O–H groups in total. The number of sulfonamides is 1. The summed E-state index contributed by atoms with van der Waals surface area (Å²) in [5.41, 5.74) is 0.931. The number of esters is 1. The van der Waals surface area contributed by atoms with Gasteiger partial charge < -0.3 is 10.1 Å². The summed E-state index contributed by atoms with van der Waals surface area (Å²) in [7, 11) is -3.64. The summed E-state index contributed by atoms with van der Waals surface area (Å²) >= 11 is 0. The Hall–Kier alpha value is -1.15. The SMILES string of the molecule is CCOC(=O)c1ccc(C)c(S(=O)(=O)N2C3CCNCC2CC3)c1.Cl. The molecule has 2 aliphatic rings. The number of hydrogen-bond donors (Lipinski definition) is 1. The van der Waals surface area contributed by atoms with Crippen molar-refractivity contribution in [2.24, 2.45) is 0 Å². The smallest absolute Gasteiger partial charge is 0.338 e. The lowest BCUT2D eigenvalue weighted by molar-refractivity contribution is 0.0526. The number of hydrogen-bond acceptors (Lipinski definition) is 5. The summed E-state index contributed by atoms with van der Waals surface area (Å²) in [5, 5.41) is 3.31. The van der Waals surface area contributed by atoms with E-state index in [1.165, 1.54) is 6.07 Å². The Bertz CT molecular complexity index is 724. The van der Waals surface area contributed by atoms with Crippen LogP contribution in [-0.2, 0) is 14.8 Å². The van der Waals surface area contributed by atoms with Gasteiger partial charge in [0, 0.05) is 18.6 Å². The molecule has 1 aromatic rings. The lowest BCUT2D eigenvalue weighted by Gasteiger charge is -2.27. The summed E-state index contributed by atoms with van der Waals surface area (Å²) in [6.07, 6.45) is 2.61. The highest BCUT2D eigenvalue weighted by atomic mass is 35.5. The van der Waals surface area contributed by atoms with Crippen LogP contribution in [0.15, 0.2) is 23.1 Å². The molecule has 0 amide bonds. The van der Waals surface area contributed by atoms with Gasteiger partial charge in [0.25, 0.3) is 0 Å². The molecule has 0 aliphatic carbocycles. The Morgan fingerprint density at radius 2 is 2.00 bits per heavy atom. The van der Waals surface area contributed by atoms with Gasteiger partial charge in [0.05, 0.1) is 17.1 Å². The molecular formula is C17H25ClN2O4S. The number of ether oxygens (including phenoxy) is 1. The van der Waals surface area contributed by atoms with Gasteiger partial charge in [0.2, 0.25) is 10.0 Å². The summed E-state index contributed by atoms with van der Waals surface area (Å²) in [6, 6.07) is 4.79. The van der Waals surface area contributed by atoms with E-state index in [1.807, 2.05) is 0 Å². The molecule has 2 unspecified atom stereocenters. The zero-order valence-corrected chi connectivity index (χ0v) is 16.2. The highest BCUT2D eigenvalue weighted by Crippen LogP contribution is 2.34. The van der Waals surface area contributed by atoms with Crippen molar-refractivity contribution in [2.75, 3.05) is 19.7 Å². The third-order valence-corrected chi connectivity index (χ3v) is 6.99. The van der Waals surface area contributed by atoms with E-state index in [0.29, 0.717) is 12.1 Å². The fourth-order valence-electron chi connectivity index (χ4n) is 3.66. The minimum atomic E-state index is -3.64. The number of rotatable bonds is 4. The maximum absolute atomic E-state index is 13.3. The lowest BCUT2D eigenvalue weighted by Crippen LogP contribution is -2.42. The minimum absolute atomic E-state index is 0. The molecule has 0 saturated carbocycles. The van der Waals surface area contributed by atoms with E-state index in [2.05, 4.69) is 5.32 Å². The van der Waals surface area contributed by atoms with Gasteiger partial charge in [0.1, 0.15) is 0 Å². The van der Waals surface area contributed by atoms with Crippen molar-refractivity contribution in [1.29, 1.82) is 0 Å². The van der Waals surface area contributed by atoms with Crippen LogP contribution in [0.2, 0.25) is 0 Å². The predicted molar refractivity (Wildman–Crippen MR) is 97.7 cm³/mol. The molecule has 2 bridgehead atoms. The number of nitrogens with one attached hydrogen (secondary N) is 1. The monoisotopic (exact) mass is 388 g/mol. The zero-order valence-electron chi connectivity index (χ0n) is 14.5. The molecule has 2 heterocycles. The predicted octanol–water partition coefficient (Wildman–Crippen LogP) is 2.11. The second-order valence-corrected chi connectivity index (χ2v) is 8.23. The maximum atomic E-state index is 13.3. The van der Waals surface area contributed by atoms with Crippen LogP contribution in [0.4, 0.5) is 0 Å². The average Bonchev–Trinajstić information content (AvgIpc) is 2.81. The van der Waals surface area contributed by atoms with E-state index < -0.39 is 16.0 Å². The summed E-state index contributed by atoms with van der Waals surface area (Å²) < 4.78 is 33.3. The van der Waals surface area contributed by atoms with Crippen molar-refractivity contribution in [3.8, 4) is 0 Å². The Morgan fingerprint density at radius 1 is 1.28 bits per heavy atom. The van der Waals surface area contributed by atoms with E-state index in [9.17, 15) is 13.2 Å². The summed E-state index contributed by atoms with van der Waals surface area (Å²) in [6.45, 7) is 5.28. The van der Waals surface area contributed by atoms with Gasteiger partial charge in [0.15, 0.2) is 0 Å². The molecule has 0 aromatic heterocycles. The minimum Gasteiger partial charge on any atom is -0.462 e. The molecule has 2 aliphatic heterocycles. The Balaban J connectivity index is 0.00000225. The molecule has 0 radical (unpaired) electrons. The number of carbonyl (C=O) groups is 1. The first-order chi connectivity index (χ1) is 11.4. The zero-order chi connectivity index (χ0) is 17.3. The fourth-order valence-corrected chi connectivity index (χ4v) is 5.82. The fraction of sp³-hybridized carbons (Fsp3) is 0.588. The van der Waals surface area contributed by atoms with E-state index >= 15 is 0 Å². The maximum Gasteiger partial charge on any atom is 0.338 e. The first-order valence-electron chi connectivity index (χ1n) is 8.47. The van der Waals surface area contributed by atoms with Gasteiger partial charge in [-0.15, -0.1) is 12.4 Å². The second kappa shape index (κ2) is 8.03. The van der Waals surface area contributed by atoms with Crippen LogP contribution >= 0.6 is 12.4 Å². The largest absolute Gasteiger partial charge is 0.462 e. The van der Waals surface area contributed by atoms with Gasteiger partial charge in [-0.05, 0) is 57.4 Å². The number of halogens is 1. The molecule has 2 saturated heterocycles. The molecule has 2 fully saturated rings. The summed E-state index contributed by atoms with van der Waals surface area (Å²) in [4.78, 5) is 12.2.